The molecule has 0 atom stereocenters. The van der Waals surface area contributed by atoms with Crippen LogP contribution in [0.1, 0.15) is 16.1 Å². The van der Waals surface area contributed by atoms with Crippen LogP contribution in [0.2, 0.25) is 0 Å². The number of benzene rings is 1. The number of hydrogen-bond acceptors (Lipinski definition) is 4. The van der Waals surface area contributed by atoms with Gasteiger partial charge < -0.3 is 5.11 Å². The maximum atomic E-state index is 13.4. The Morgan fingerprint density at radius 2 is 1.90 bits per heavy atom. The van der Waals surface area contributed by atoms with Crippen LogP contribution in [0.15, 0.2) is 24.5 Å². The largest absolute Gasteiger partial charge is 0.478 e. The van der Waals surface area contributed by atoms with E-state index in [2.05, 4.69) is 15.2 Å². The summed E-state index contributed by atoms with van der Waals surface area (Å²) in [4.78, 5) is 15.3. The van der Waals surface area contributed by atoms with Crippen molar-refractivity contribution in [1.29, 1.82) is 0 Å². The van der Waals surface area contributed by atoms with Crippen LogP contribution in [0.4, 0.5) is 8.78 Å². The average Bonchev–Trinajstić information content (AvgIpc) is 2.83. The highest BCUT2D eigenvalue weighted by Gasteiger charge is 2.20. The molecular weight excluding hydrogens is 282 g/mol. The van der Waals surface area contributed by atoms with Crippen molar-refractivity contribution in [2.24, 2.45) is 0 Å². The molecule has 1 aromatic carbocycles. The summed E-state index contributed by atoms with van der Waals surface area (Å²) in [5.41, 5.74) is 0.659. The van der Waals surface area contributed by atoms with Crippen LogP contribution in [-0.2, 0) is 0 Å². The molecule has 0 amide bonds. The number of hydrogen-bond donors (Lipinski definition) is 1. The summed E-state index contributed by atoms with van der Waals surface area (Å²) in [6.45, 7) is 1.76. The number of carbonyl (C=O) groups is 1. The zero-order valence-electron chi connectivity index (χ0n) is 10.7. The molecule has 6 nitrogen and oxygen atoms in total. The molecule has 3 rings (SSSR count). The minimum atomic E-state index is -1.39. The number of aromatic nitrogens is 4. The zero-order chi connectivity index (χ0) is 15.1. The Labute approximate surface area is 116 Å². The lowest BCUT2D eigenvalue weighted by Crippen LogP contribution is -2.04. The van der Waals surface area contributed by atoms with Gasteiger partial charge >= 0.3 is 5.97 Å². The Morgan fingerprint density at radius 3 is 2.62 bits per heavy atom. The highest BCUT2D eigenvalue weighted by molar-refractivity contribution is 5.95. The standard InChI is InChI=1S/C13H8F2N4O2/c1-6-2-11-17-18-12(19(11)5-16-6)7-3-9(14)10(15)4-8(7)13(20)21/h2-5H,1H3,(H,20,21). The molecule has 0 aliphatic rings. The molecule has 0 saturated carbocycles. The van der Waals surface area contributed by atoms with Crippen LogP contribution in [0, 0.1) is 18.6 Å². The fourth-order valence-electron chi connectivity index (χ4n) is 1.98. The number of rotatable bonds is 2. The minimum absolute atomic E-state index is 0.0699. The van der Waals surface area contributed by atoms with Gasteiger partial charge in [-0.2, -0.15) is 0 Å². The van der Waals surface area contributed by atoms with Crippen LogP contribution >= 0.6 is 0 Å². The number of nitrogens with zero attached hydrogens (tertiary/aromatic N) is 4. The van der Waals surface area contributed by atoms with E-state index in [0.717, 1.165) is 6.07 Å². The molecule has 8 heteroatoms. The SMILES string of the molecule is Cc1cc2nnc(-c3cc(F)c(F)cc3C(=O)O)n2cn1. The van der Waals surface area contributed by atoms with Crippen molar-refractivity contribution in [1.82, 2.24) is 19.6 Å². The van der Waals surface area contributed by atoms with E-state index < -0.39 is 23.2 Å². The first-order valence-electron chi connectivity index (χ1n) is 5.87. The first kappa shape index (κ1) is 13.1. The molecule has 0 fully saturated rings. The fraction of sp³-hybridized carbons (Fsp3) is 0.0769. The van der Waals surface area contributed by atoms with Gasteiger partial charge in [-0.05, 0) is 19.1 Å². The lowest BCUT2D eigenvalue weighted by molar-refractivity contribution is 0.0697. The number of carboxylic acids is 1. The second-order valence-corrected chi connectivity index (χ2v) is 4.40. The van der Waals surface area contributed by atoms with Crippen LogP contribution in [0.5, 0.6) is 0 Å². The van der Waals surface area contributed by atoms with Crippen LogP contribution < -0.4 is 0 Å². The van der Waals surface area contributed by atoms with Crippen molar-refractivity contribution < 1.29 is 18.7 Å². The van der Waals surface area contributed by atoms with Gasteiger partial charge in [-0.15, -0.1) is 10.2 Å². The predicted molar refractivity (Wildman–Crippen MR) is 67.8 cm³/mol. The third kappa shape index (κ3) is 2.10. The Morgan fingerprint density at radius 1 is 1.19 bits per heavy atom. The van der Waals surface area contributed by atoms with Crippen LogP contribution in [0.25, 0.3) is 17.0 Å². The van der Waals surface area contributed by atoms with Crippen molar-refractivity contribution in [3.63, 3.8) is 0 Å². The quantitative estimate of drug-likeness (QED) is 0.781. The summed E-state index contributed by atoms with van der Waals surface area (Å²) < 4.78 is 28.1. The summed E-state index contributed by atoms with van der Waals surface area (Å²) in [6, 6.07) is 3.04. The highest BCUT2D eigenvalue weighted by Crippen LogP contribution is 2.25. The summed E-state index contributed by atoms with van der Waals surface area (Å²) in [6.07, 6.45) is 1.40. The molecule has 2 aromatic heterocycles. The minimum Gasteiger partial charge on any atom is -0.478 e. The molecular formula is C13H8F2N4O2. The van der Waals surface area contributed by atoms with E-state index in [-0.39, 0.29) is 11.4 Å². The molecule has 0 spiro atoms. The van der Waals surface area contributed by atoms with Gasteiger partial charge in [0, 0.05) is 17.3 Å². The van der Waals surface area contributed by atoms with Gasteiger partial charge in [-0.25, -0.2) is 18.6 Å². The lowest BCUT2D eigenvalue weighted by Gasteiger charge is -2.05. The Bertz CT molecular complexity index is 876. The number of halogens is 2. The molecule has 0 saturated heterocycles. The number of fused-ring (bicyclic) bond motifs is 1. The second-order valence-electron chi connectivity index (χ2n) is 4.40. The van der Waals surface area contributed by atoms with E-state index in [1.807, 2.05) is 0 Å². The van der Waals surface area contributed by atoms with Gasteiger partial charge in [0.25, 0.3) is 0 Å². The summed E-state index contributed by atoms with van der Waals surface area (Å²) in [5, 5.41) is 16.8. The van der Waals surface area contributed by atoms with Gasteiger partial charge in [-0.1, -0.05) is 0 Å². The van der Waals surface area contributed by atoms with Crippen LogP contribution in [-0.4, -0.2) is 30.7 Å². The van der Waals surface area contributed by atoms with Crippen molar-refractivity contribution in [3.05, 3.63) is 47.4 Å². The number of aryl methyl sites for hydroxylation is 1. The van der Waals surface area contributed by atoms with Crippen molar-refractivity contribution in [2.45, 2.75) is 6.92 Å². The maximum Gasteiger partial charge on any atom is 0.336 e. The number of carboxylic acid groups (broad SMARTS) is 1. The molecule has 0 aliphatic carbocycles. The van der Waals surface area contributed by atoms with E-state index in [1.54, 1.807) is 13.0 Å². The second kappa shape index (κ2) is 4.58. The van der Waals surface area contributed by atoms with Gasteiger partial charge in [0.15, 0.2) is 23.1 Å². The molecule has 21 heavy (non-hydrogen) atoms. The lowest BCUT2D eigenvalue weighted by atomic mass is 10.1. The summed E-state index contributed by atoms with van der Waals surface area (Å²) in [5.74, 6) is -3.71. The monoisotopic (exact) mass is 290 g/mol. The molecule has 0 radical (unpaired) electrons. The van der Waals surface area contributed by atoms with Gasteiger partial charge in [0.05, 0.1) is 5.56 Å². The Hall–Kier alpha value is -2.90. The molecule has 0 unspecified atom stereocenters. The summed E-state index contributed by atoms with van der Waals surface area (Å²) >= 11 is 0. The molecule has 0 bridgehead atoms. The molecule has 3 aromatic rings. The third-order valence-corrected chi connectivity index (χ3v) is 2.97. The van der Waals surface area contributed by atoms with Crippen molar-refractivity contribution >= 4 is 11.6 Å². The first-order chi connectivity index (χ1) is 9.97. The Kier molecular flexibility index (Phi) is 2.86. The van der Waals surface area contributed by atoms with Crippen molar-refractivity contribution in [2.75, 3.05) is 0 Å². The maximum absolute atomic E-state index is 13.4. The van der Waals surface area contributed by atoms with E-state index in [9.17, 15) is 13.6 Å². The van der Waals surface area contributed by atoms with Gasteiger partial charge in [-0.3, -0.25) is 4.40 Å². The third-order valence-electron chi connectivity index (χ3n) is 2.97. The van der Waals surface area contributed by atoms with Gasteiger partial charge in [0.1, 0.15) is 6.33 Å². The molecule has 1 N–H and O–H groups in total. The molecule has 2 heterocycles. The van der Waals surface area contributed by atoms with E-state index in [4.69, 9.17) is 5.11 Å². The zero-order valence-corrected chi connectivity index (χ0v) is 10.7. The first-order valence-corrected chi connectivity index (χ1v) is 5.87. The number of aromatic carboxylic acids is 1. The predicted octanol–water partition coefficient (Wildman–Crippen LogP) is 2.08. The van der Waals surface area contributed by atoms with E-state index >= 15 is 0 Å². The summed E-state index contributed by atoms with van der Waals surface area (Å²) in [7, 11) is 0. The van der Waals surface area contributed by atoms with E-state index in [1.165, 1.54) is 10.7 Å². The normalized spacial score (nSPS) is 11.0. The Balaban J connectivity index is 2.32. The van der Waals surface area contributed by atoms with E-state index in [0.29, 0.717) is 17.4 Å². The topological polar surface area (TPSA) is 80.4 Å². The molecule has 106 valence electrons. The van der Waals surface area contributed by atoms with Crippen LogP contribution in [0.3, 0.4) is 0 Å². The smallest absolute Gasteiger partial charge is 0.336 e. The highest BCUT2D eigenvalue weighted by atomic mass is 19.2. The van der Waals surface area contributed by atoms with Gasteiger partial charge in [0.2, 0.25) is 0 Å². The fourth-order valence-corrected chi connectivity index (χ4v) is 1.98. The molecule has 0 aliphatic heterocycles. The average molecular weight is 290 g/mol. The van der Waals surface area contributed by atoms with Crippen molar-refractivity contribution in [3.8, 4) is 11.4 Å².